The van der Waals surface area contributed by atoms with Crippen LogP contribution in [0, 0.1) is 0 Å². The first-order valence-corrected chi connectivity index (χ1v) is 7.50. The summed E-state index contributed by atoms with van der Waals surface area (Å²) in [5, 5.41) is 2.75. The summed E-state index contributed by atoms with van der Waals surface area (Å²) >= 11 is 2.37. The van der Waals surface area contributed by atoms with Gasteiger partial charge in [0.1, 0.15) is 0 Å². The zero-order valence-corrected chi connectivity index (χ0v) is 14.6. The number of carbonyl (C=O) groups is 2. The minimum absolute atomic E-state index is 0.0373. The molecule has 0 spiro atoms. The fourth-order valence-electron chi connectivity index (χ4n) is 1.53. The third kappa shape index (κ3) is 12.4. The van der Waals surface area contributed by atoms with E-state index in [1.54, 1.807) is 6.92 Å². The molecule has 0 saturated carbocycles. The van der Waals surface area contributed by atoms with Crippen molar-refractivity contribution >= 4 is 28.8 Å². The van der Waals surface area contributed by atoms with Gasteiger partial charge in [-0.25, -0.2) is 0 Å². The second-order valence-corrected chi connectivity index (χ2v) is 5.30. The van der Waals surface area contributed by atoms with E-state index < -0.39 is 0 Å². The van der Waals surface area contributed by atoms with E-state index in [9.17, 15) is 9.59 Å². The Morgan fingerprint density at radius 2 is 1.89 bits per heavy atom. The van der Waals surface area contributed by atoms with Crippen molar-refractivity contribution in [3.05, 3.63) is 0 Å². The number of nitrogens with one attached hydrogen (secondary N) is 1. The van der Waals surface area contributed by atoms with Crippen LogP contribution in [0.2, 0.25) is 0 Å². The first kappa shape index (κ1) is 20.9. The Bertz CT molecular complexity index is 248. The van der Waals surface area contributed by atoms with Crippen LogP contribution in [-0.4, -0.2) is 65.9 Å². The average Bonchev–Trinajstić information content (AvgIpc) is 2.35. The Kier molecular flexibility index (Phi) is 15.5. The van der Waals surface area contributed by atoms with E-state index in [4.69, 9.17) is 4.74 Å². The SMILES string of the molecule is CC.COCC(=O)NCCCCC(C(C)=O)N(C)[As]. The number of ketones is 1. The molecule has 2 radical (unpaired) electrons. The van der Waals surface area contributed by atoms with Gasteiger partial charge in [0.05, 0.1) is 0 Å². The molecule has 112 valence electrons. The van der Waals surface area contributed by atoms with Gasteiger partial charge in [-0.1, -0.05) is 13.8 Å². The van der Waals surface area contributed by atoms with Gasteiger partial charge < -0.3 is 0 Å². The van der Waals surface area contributed by atoms with Crippen molar-refractivity contribution in [2.24, 2.45) is 0 Å². The van der Waals surface area contributed by atoms with Crippen LogP contribution in [0.5, 0.6) is 0 Å². The van der Waals surface area contributed by atoms with Crippen LogP contribution in [0.15, 0.2) is 0 Å². The van der Waals surface area contributed by atoms with Gasteiger partial charge in [-0.2, -0.15) is 0 Å². The minimum atomic E-state index is -0.0973. The maximum absolute atomic E-state index is 11.3. The van der Waals surface area contributed by atoms with Crippen molar-refractivity contribution in [2.45, 2.75) is 46.1 Å². The van der Waals surface area contributed by atoms with E-state index in [1.807, 2.05) is 24.7 Å². The number of ether oxygens (including phenoxy) is 1. The Hall–Kier alpha value is -0.382. The molecular formula is C13H27AsN2O3. The van der Waals surface area contributed by atoms with Gasteiger partial charge in [0.2, 0.25) is 0 Å². The van der Waals surface area contributed by atoms with Crippen molar-refractivity contribution in [1.29, 1.82) is 0 Å². The van der Waals surface area contributed by atoms with E-state index in [2.05, 4.69) is 22.4 Å². The van der Waals surface area contributed by atoms with Crippen LogP contribution >= 0.6 is 0 Å². The molecule has 1 N–H and O–H groups in total. The molecule has 0 bridgehead atoms. The summed E-state index contributed by atoms with van der Waals surface area (Å²) in [5.41, 5.74) is 0. The number of likely N-dealkylation sites (N-methyl/N-ethyl adjacent to an activating group) is 1. The van der Waals surface area contributed by atoms with Gasteiger partial charge in [-0.3, -0.25) is 0 Å². The van der Waals surface area contributed by atoms with E-state index in [0.717, 1.165) is 19.3 Å². The number of hydrogen-bond acceptors (Lipinski definition) is 4. The molecule has 6 heteroatoms. The molecule has 0 aromatic carbocycles. The Morgan fingerprint density at radius 3 is 2.32 bits per heavy atom. The topological polar surface area (TPSA) is 58.6 Å². The molecule has 0 heterocycles. The van der Waals surface area contributed by atoms with Crippen molar-refractivity contribution in [2.75, 3.05) is 27.3 Å². The van der Waals surface area contributed by atoms with Gasteiger partial charge in [-0.05, 0) is 0 Å². The van der Waals surface area contributed by atoms with Crippen LogP contribution in [0.1, 0.15) is 40.0 Å². The molecule has 0 aliphatic heterocycles. The zero-order valence-electron chi connectivity index (χ0n) is 12.7. The normalized spacial score (nSPS) is 11.5. The van der Waals surface area contributed by atoms with Crippen LogP contribution in [-0.2, 0) is 14.3 Å². The molecular weight excluding hydrogens is 307 g/mol. The number of rotatable bonds is 9. The summed E-state index contributed by atoms with van der Waals surface area (Å²) in [6, 6.07) is -0.0373. The summed E-state index contributed by atoms with van der Waals surface area (Å²) in [6.07, 6.45) is 2.61. The first-order chi connectivity index (χ1) is 8.99. The van der Waals surface area contributed by atoms with Gasteiger partial charge in [0, 0.05) is 0 Å². The molecule has 0 aliphatic carbocycles. The van der Waals surface area contributed by atoms with Crippen LogP contribution in [0.4, 0.5) is 0 Å². The molecule has 5 nitrogen and oxygen atoms in total. The predicted molar refractivity (Wildman–Crippen MR) is 78.1 cm³/mol. The monoisotopic (exact) mass is 334 g/mol. The van der Waals surface area contributed by atoms with E-state index in [0.29, 0.717) is 6.54 Å². The summed E-state index contributed by atoms with van der Waals surface area (Å²) < 4.78 is 6.57. The number of carbonyl (C=O) groups excluding carboxylic acids is 2. The van der Waals surface area contributed by atoms with Gasteiger partial charge in [0.25, 0.3) is 0 Å². The summed E-state index contributed by atoms with van der Waals surface area (Å²) in [7, 11) is 3.37. The van der Waals surface area contributed by atoms with Crippen LogP contribution < -0.4 is 5.32 Å². The third-order valence-corrected chi connectivity index (χ3v) is 3.01. The van der Waals surface area contributed by atoms with Gasteiger partial charge >= 0.3 is 112 Å². The summed E-state index contributed by atoms with van der Waals surface area (Å²) in [4.78, 5) is 22.4. The number of unbranched alkanes of at least 4 members (excludes halogenated alkanes) is 1. The molecule has 0 saturated heterocycles. The van der Waals surface area contributed by atoms with Crippen molar-refractivity contribution in [3.8, 4) is 0 Å². The van der Waals surface area contributed by atoms with Gasteiger partial charge in [-0.15, -0.1) is 0 Å². The van der Waals surface area contributed by atoms with E-state index >= 15 is 0 Å². The van der Waals surface area contributed by atoms with E-state index in [-0.39, 0.29) is 24.3 Å². The van der Waals surface area contributed by atoms with Crippen LogP contribution in [0.3, 0.4) is 0 Å². The van der Waals surface area contributed by atoms with Crippen LogP contribution in [0.25, 0.3) is 0 Å². The number of hydrogen-bond donors (Lipinski definition) is 1. The fraction of sp³-hybridized carbons (Fsp3) is 0.846. The molecule has 1 amide bonds. The predicted octanol–water partition coefficient (Wildman–Crippen LogP) is 0.918. The molecule has 0 fully saturated rings. The average molecular weight is 334 g/mol. The molecule has 0 aliphatic rings. The molecule has 0 rings (SSSR count). The van der Waals surface area contributed by atoms with Crippen molar-refractivity contribution < 1.29 is 14.3 Å². The number of methoxy groups -OCH3 is 1. The number of nitrogens with zero attached hydrogens (tertiary/aromatic N) is 1. The Morgan fingerprint density at radius 1 is 1.32 bits per heavy atom. The first-order valence-electron chi connectivity index (χ1n) is 6.66. The summed E-state index contributed by atoms with van der Waals surface area (Å²) in [5.74, 6) is 0.0800. The number of amides is 1. The second kappa shape index (κ2) is 14.0. The Balaban J connectivity index is 0. The van der Waals surface area contributed by atoms with Crippen molar-refractivity contribution in [3.63, 3.8) is 0 Å². The number of Topliss-reactive ketones (excluding diaryl/α,β-unsaturated/α-hetero) is 1. The molecule has 0 aromatic rings. The van der Waals surface area contributed by atoms with Crippen molar-refractivity contribution in [1.82, 2.24) is 9.13 Å². The summed E-state index contributed by atoms with van der Waals surface area (Å²) in [6.45, 7) is 6.34. The third-order valence-electron chi connectivity index (χ3n) is 2.42. The zero-order chi connectivity index (χ0) is 15.3. The molecule has 0 aromatic heterocycles. The molecule has 1 unspecified atom stereocenters. The molecule has 1 atom stereocenters. The quantitative estimate of drug-likeness (QED) is 0.503. The fourth-order valence-corrected chi connectivity index (χ4v) is 2.11. The second-order valence-electron chi connectivity index (χ2n) is 3.98. The Labute approximate surface area is 126 Å². The standard InChI is InChI=1S/C11H21AsN2O3.C2H6/c1-9(15)10(14(2)12)6-4-5-7-13-11(16)8-17-3;1-2/h10H,4-8H2,1-3H3,(H,13,16);1-2H3. The maximum atomic E-state index is 11.3. The van der Waals surface area contributed by atoms with E-state index in [1.165, 1.54) is 7.11 Å². The van der Waals surface area contributed by atoms with Gasteiger partial charge in [0.15, 0.2) is 0 Å². The molecule has 19 heavy (non-hydrogen) atoms.